The topological polar surface area (TPSA) is 0 Å². The molecule has 20 heavy (non-hydrogen) atoms. The van der Waals surface area contributed by atoms with Crippen molar-refractivity contribution in [2.75, 3.05) is 0 Å². The smallest absolute Gasteiger partial charge is 0.0199 e. The molecule has 0 heteroatoms. The molecule has 0 aliphatic carbocycles. The lowest BCUT2D eigenvalue weighted by Gasteiger charge is -2.08. The van der Waals surface area contributed by atoms with Crippen LogP contribution in [0.2, 0.25) is 0 Å². The third-order valence-corrected chi connectivity index (χ3v) is 3.67. The highest BCUT2D eigenvalue weighted by molar-refractivity contribution is 5.24. The van der Waals surface area contributed by atoms with E-state index in [4.69, 9.17) is 0 Å². The maximum atomic E-state index is 3.85. The van der Waals surface area contributed by atoms with Crippen LogP contribution in [0.25, 0.3) is 0 Å². The van der Waals surface area contributed by atoms with Crippen LogP contribution in [0, 0.1) is 5.92 Å². The Kier molecular flexibility index (Phi) is 8.78. The molecular formula is C20H30. The van der Waals surface area contributed by atoms with Crippen molar-refractivity contribution < 1.29 is 0 Å². The largest absolute Gasteiger partial charge is 0.103 e. The fourth-order valence-electron chi connectivity index (χ4n) is 2.65. The maximum absolute atomic E-state index is 3.85. The summed E-state index contributed by atoms with van der Waals surface area (Å²) >= 11 is 0. The van der Waals surface area contributed by atoms with Crippen molar-refractivity contribution in [2.24, 2.45) is 5.92 Å². The number of hydrogen-bond acceptors (Lipinski definition) is 0. The fraction of sp³-hybridized carbons (Fsp3) is 0.500. The summed E-state index contributed by atoms with van der Waals surface area (Å²) in [4.78, 5) is 0. The van der Waals surface area contributed by atoms with Crippen LogP contribution in [-0.2, 0) is 12.8 Å². The van der Waals surface area contributed by atoms with E-state index in [1.165, 1.54) is 36.8 Å². The Bertz CT molecular complexity index is 400. The predicted molar refractivity (Wildman–Crippen MR) is 91.1 cm³/mol. The van der Waals surface area contributed by atoms with E-state index in [2.05, 4.69) is 56.8 Å². The van der Waals surface area contributed by atoms with Gasteiger partial charge in [-0.05, 0) is 49.1 Å². The van der Waals surface area contributed by atoms with Gasteiger partial charge in [0.2, 0.25) is 0 Å². The average Bonchev–Trinajstić information content (AvgIpc) is 2.45. The van der Waals surface area contributed by atoms with Gasteiger partial charge in [-0.2, -0.15) is 0 Å². The molecule has 0 radical (unpaired) electrons. The van der Waals surface area contributed by atoms with E-state index in [9.17, 15) is 0 Å². The van der Waals surface area contributed by atoms with Crippen LogP contribution >= 0.6 is 0 Å². The highest BCUT2D eigenvalue weighted by Crippen LogP contribution is 2.15. The minimum atomic E-state index is 0.684. The molecule has 0 aromatic heterocycles. The van der Waals surface area contributed by atoms with E-state index >= 15 is 0 Å². The van der Waals surface area contributed by atoms with Crippen LogP contribution in [-0.4, -0.2) is 0 Å². The molecule has 0 nitrogen and oxygen atoms in total. The lowest BCUT2D eigenvalue weighted by Crippen LogP contribution is -1.94. The standard InChI is InChI=1S/C20H30/c1-4-10-18(11-5-2)13-7-8-14-20-16-9-15-19(17-20)12-6-3/h4,7,9,13,15-18H,1,5-6,8,10-12,14H2,2-3H3/b13-7+. The first kappa shape index (κ1) is 16.8. The van der Waals surface area contributed by atoms with E-state index < -0.39 is 0 Å². The lowest BCUT2D eigenvalue weighted by atomic mass is 9.98. The van der Waals surface area contributed by atoms with Crippen LogP contribution in [0.15, 0.2) is 49.1 Å². The van der Waals surface area contributed by atoms with Gasteiger partial charge in [0.25, 0.3) is 0 Å². The van der Waals surface area contributed by atoms with Gasteiger partial charge in [-0.15, -0.1) is 6.58 Å². The molecule has 0 aliphatic rings. The summed E-state index contributed by atoms with van der Waals surface area (Å²) in [6, 6.07) is 9.05. The summed E-state index contributed by atoms with van der Waals surface area (Å²) in [5.41, 5.74) is 2.95. The number of aryl methyl sites for hydroxylation is 2. The minimum absolute atomic E-state index is 0.684. The van der Waals surface area contributed by atoms with Gasteiger partial charge in [-0.1, -0.05) is 69.2 Å². The van der Waals surface area contributed by atoms with Gasteiger partial charge in [0.05, 0.1) is 0 Å². The third-order valence-electron chi connectivity index (χ3n) is 3.67. The van der Waals surface area contributed by atoms with E-state index in [1.54, 1.807) is 0 Å². The molecule has 0 saturated carbocycles. The van der Waals surface area contributed by atoms with Crippen LogP contribution < -0.4 is 0 Å². The molecule has 1 atom stereocenters. The summed E-state index contributed by atoms with van der Waals surface area (Å²) in [6.45, 7) is 8.34. The Morgan fingerprint density at radius 2 is 1.85 bits per heavy atom. The molecule has 0 amide bonds. The van der Waals surface area contributed by atoms with Crippen molar-refractivity contribution in [1.82, 2.24) is 0 Å². The molecule has 0 fully saturated rings. The predicted octanol–water partition coefficient (Wildman–Crippen LogP) is 6.12. The Morgan fingerprint density at radius 3 is 2.50 bits per heavy atom. The molecule has 1 aromatic rings. The summed E-state index contributed by atoms with van der Waals surface area (Å²) < 4.78 is 0. The maximum Gasteiger partial charge on any atom is -0.0199 e. The summed E-state index contributed by atoms with van der Waals surface area (Å²) in [6.07, 6.45) is 15.1. The minimum Gasteiger partial charge on any atom is -0.103 e. The molecular weight excluding hydrogens is 240 g/mol. The molecule has 1 rings (SSSR count). The first-order valence-corrected chi connectivity index (χ1v) is 8.15. The molecule has 0 saturated heterocycles. The van der Waals surface area contributed by atoms with Gasteiger partial charge in [-0.25, -0.2) is 0 Å². The second-order valence-electron chi connectivity index (χ2n) is 5.61. The first-order valence-electron chi connectivity index (χ1n) is 8.15. The molecule has 0 spiro atoms. The van der Waals surface area contributed by atoms with Crippen molar-refractivity contribution in [3.63, 3.8) is 0 Å². The number of rotatable bonds is 10. The normalized spacial score (nSPS) is 12.7. The van der Waals surface area contributed by atoms with Crippen molar-refractivity contribution in [3.8, 4) is 0 Å². The molecule has 0 aliphatic heterocycles. The van der Waals surface area contributed by atoms with Crippen molar-refractivity contribution >= 4 is 0 Å². The Labute approximate surface area is 125 Å². The Balaban J connectivity index is 2.42. The van der Waals surface area contributed by atoms with Crippen molar-refractivity contribution in [3.05, 3.63) is 60.2 Å². The lowest BCUT2D eigenvalue weighted by molar-refractivity contribution is 0.587. The quantitative estimate of drug-likeness (QED) is 0.449. The van der Waals surface area contributed by atoms with E-state index in [0.29, 0.717) is 5.92 Å². The highest BCUT2D eigenvalue weighted by Gasteiger charge is 2.00. The molecule has 0 heterocycles. The monoisotopic (exact) mass is 270 g/mol. The summed E-state index contributed by atoms with van der Waals surface area (Å²) in [5.74, 6) is 0.684. The summed E-state index contributed by atoms with van der Waals surface area (Å²) in [7, 11) is 0. The van der Waals surface area contributed by atoms with E-state index in [1.807, 2.05) is 6.08 Å². The van der Waals surface area contributed by atoms with Gasteiger partial charge in [0, 0.05) is 0 Å². The molecule has 1 unspecified atom stereocenters. The third kappa shape index (κ3) is 6.75. The Hall–Kier alpha value is -1.30. The van der Waals surface area contributed by atoms with Crippen LogP contribution in [0.3, 0.4) is 0 Å². The van der Waals surface area contributed by atoms with Gasteiger partial charge in [-0.3, -0.25) is 0 Å². The van der Waals surface area contributed by atoms with Gasteiger partial charge < -0.3 is 0 Å². The summed E-state index contributed by atoms with van der Waals surface area (Å²) in [5, 5.41) is 0. The molecule has 0 bridgehead atoms. The van der Waals surface area contributed by atoms with Gasteiger partial charge in [0.1, 0.15) is 0 Å². The van der Waals surface area contributed by atoms with Crippen LogP contribution in [0.1, 0.15) is 57.1 Å². The number of benzene rings is 1. The second-order valence-corrected chi connectivity index (χ2v) is 5.61. The number of allylic oxidation sites excluding steroid dienone is 3. The Morgan fingerprint density at radius 1 is 1.10 bits per heavy atom. The van der Waals surface area contributed by atoms with Crippen LogP contribution in [0.5, 0.6) is 0 Å². The van der Waals surface area contributed by atoms with Crippen LogP contribution in [0.4, 0.5) is 0 Å². The average molecular weight is 270 g/mol. The van der Waals surface area contributed by atoms with Crippen molar-refractivity contribution in [2.45, 2.75) is 58.8 Å². The highest BCUT2D eigenvalue weighted by atomic mass is 14.1. The van der Waals surface area contributed by atoms with Gasteiger partial charge in [0.15, 0.2) is 0 Å². The number of hydrogen-bond donors (Lipinski definition) is 0. The van der Waals surface area contributed by atoms with E-state index in [0.717, 1.165) is 19.3 Å². The SMILES string of the molecule is C=CCC(/C=C/CCc1cccc(CCC)c1)CCC. The molecule has 110 valence electrons. The molecule has 0 N–H and O–H groups in total. The zero-order chi connectivity index (χ0) is 14.6. The van der Waals surface area contributed by atoms with Crippen molar-refractivity contribution in [1.29, 1.82) is 0 Å². The zero-order valence-corrected chi connectivity index (χ0v) is 13.3. The first-order chi connectivity index (χ1) is 9.80. The second kappa shape index (κ2) is 10.5. The molecule has 1 aromatic carbocycles. The zero-order valence-electron chi connectivity index (χ0n) is 13.3. The fourth-order valence-corrected chi connectivity index (χ4v) is 2.65. The van der Waals surface area contributed by atoms with Gasteiger partial charge >= 0.3 is 0 Å². The van der Waals surface area contributed by atoms with E-state index in [-0.39, 0.29) is 0 Å².